The van der Waals surface area contributed by atoms with Gasteiger partial charge in [0, 0.05) is 19.3 Å². The fraction of sp³-hybridized carbons (Fsp3) is 0.817. The molecular formula is C71H128O6. The summed E-state index contributed by atoms with van der Waals surface area (Å²) in [6.45, 7) is 6.54. The Hall–Kier alpha value is -2.89. The molecule has 0 heterocycles. The molecular weight excluding hydrogens is 949 g/mol. The molecule has 448 valence electrons. The van der Waals surface area contributed by atoms with Crippen LogP contribution in [0.15, 0.2) is 60.8 Å². The van der Waals surface area contributed by atoms with Gasteiger partial charge in [0.1, 0.15) is 13.2 Å². The van der Waals surface area contributed by atoms with Crippen molar-refractivity contribution in [2.75, 3.05) is 13.2 Å². The molecule has 77 heavy (non-hydrogen) atoms. The van der Waals surface area contributed by atoms with Gasteiger partial charge in [0.15, 0.2) is 6.10 Å². The summed E-state index contributed by atoms with van der Waals surface area (Å²) in [5, 5.41) is 0. The zero-order valence-corrected chi connectivity index (χ0v) is 51.5. The number of hydrogen-bond donors (Lipinski definition) is 0. The first kappa shape index (κ1) is 74.1. The third-order valence-electron chi connectivity index (χ3n) is 15.0. The topological polar surface area (TPSA) is 78.9 Å². The summed E-state index contributed by atoms with van der Waals surface area (Å²) < 4.78 is 16.9. The van der Waals surface area contributed by atoms with E-state index in [9.17, 15) is 14.4 Å². The summed E-state index contributed by atoms with van der Waals surface area (Å²) in [5.74, 6) is -0.861. The first-order valence-electron chi connectivity index (χ1n) is 33.8. The number of unbranched alkanes of at least 4 members (excludes halogenated alkanes) is 41. The van der Waals surface area contributed by atoms with Crippen LogP contribution in [0.3, 0.4) is 0 Å². The Labute approximate surface area is 479 Å². The Morgan fingerprint density at radius 2 is 0.506 bits per heavy atom. The molecule has 0 aliphatic carbocycles. The van der Waals surface area contributed by atoms with Crippen molar-refractivity contribution in [2.24, 2.45) is 0 Å². The highest BCUT2D eigenvalue weighted by Gasteiger charge is 2.19. The first-order valence-corrected chi connectivity index (χ1v) is 33.8. The SMILES string of the molecule is CC/C=C\C/C=C\C/C=C\C/C=C\CCCCCCCCCCCCCCCCCCCCCCCCC(=O)OCC(COC(=O)CCCCCCCCCCCC)OC(=O)CCCCCCC/C=C\CCCCCCC. The molecule has 0 radical (unpaired) electrons. The predicted octanol–water partition coefficient (Wildman–Crippen LogP) is 23.1. The molecule has 6 heteroatoms. The summed E-state index contributed by atoms with van der Waals surface area (Å²) in [6, 6.07) is 0. The lowest BCUT2D eigenvalue weighted by Gasteiger charge is -2.18. The van der Waals surface area contributed by atoms with E-state index < -0.39 is 6.10 Å². The molecule has 0 amide bonds. The molecule has 0 aromatic carbocycles. The van der Waals surface area contributed by atoms with Crippen LogP contribution in [0.5, 0.6) is 0 Å². The van der Waals surface area contributed by atoms with Crippen molar-refractivity contribution in [3.05, 3.63) is 60.8 Å². The molecule has 0 N–H and O–H groups in total. The van der Waals surface area contributed by atoms with Gasteiger partial charge in [-0.3, -0.25) is 14.4 Å². The lowest BCUT2D eigenvalue weighted by atomic mass is 10.0. The molecule has 0 bridgehead atoms. The minimum absolute atomic E-state index is 0.0712. The third kappa shape index (κ3) is 63.8. The summed E-state index contributed by atoms with van der Waals surface area (Å²) in [6.07, 6.45) is 84.1. The molecule has 0 aliphatic heterocycles. The maximum absolute atomic E-state index is 12.8. The molecule has 1 unspecified atom stereocenters. The Morgan fingerprint density at radius 1 is 0.273 bits per heavy atom. The quantitative estimate of drug-likeness (QED) is 0.0261. The van der Waals surface area contributed by atoms with Gasteiger partial charge in [-0.1, -0.05) is 313 Å². The molecule has 6 nitrogen and oxygen atoms in total. The minimum atomic E-state index is -0.773. The number of ether oxygens (including phenoxy) is 3. The van der Waals surface area contributed by atoms with Crippen LogP contribution >= 0.6 is 0 Å². The van der Waals surface area contributed by atoms with Gasteiger partial charge < -0.3 is 14.2 Å². The Balaban J connectivity index is 4.00. The maximum atomic E-state index is 12.8. The highest BCUT2D eigenvalue weighted by molar-refractivity contribution is 5.71. The average molecular weight is 1080 g/mol. The second kappa shape index (κ2) is 65.6. The minimum Gasteiger partial charge on any atom is -0.462 e. The second-order valence-corrected chi connectivity index (χ2v) is 22.7. The summed E-state index contributed by atoms with van der Waals surface area (Å²) >= 11 is 0. The Morgan fingerprint density at radius 3 is 0.805 bits per heavy atom. The number of allylic oxidation sites excluding steroid dienone is 10. The van der Waals surface area contributed by atoms with Gasteiger partial charge in [0.25, 0.3) is 0 Å². The number of esters is 3. The monoisotopic (exact) mass is 1080 g/mol. The number of carbonyl (C=O) groups excluding carboxylic acids is 3. The Kier molecular flexibility index (Phi) is 63.2. The third-order valence-corrected chi connectivity index (χ3v) is 15.0. The van der Waals surface area contributed by atoms with Crippen LogP contribution in [0.1, 0.15) is 355 Å². The molecule has 1 atom stereocenters. The van der Waals surface area contributed by atoms with Crippen LogP contribution in [-0.4, -0.2) is 37.2 Å². The molecule has 0 fully saturated rings. The van der Waals surface area contributed by atoms with E-state index in [-0.39, 0.29) is 31.1 Å². The normalized spacial score (nSPS) is 12.4. The standard InChI is InChI=1S/C71H128O6/c1-4-7-10-13-16-19-22-24-26-27-28-29-30-31-32-33-34-35-36-37-38-39-40-41-42-43-44-45-46-48-49-52-55-58-61-64-70(73)76-67-68(66-75-69(72)63-60-57-54-51-21-18-15-12-9-6-3)77-71(74)65-62-59-56-53-50-47-25-23-20-17-14-11-8-5-2/h7,10,16,19,23-26,28-29,68H,4-6,8-9,11-15,17-18,20-22,27,30-67H2,1-3H3/b10-7-,19-16-,25-23-,26-24-,29-28-. The van der Waals surface area contributed by atoms with E-state index >= 15 is 0 Å². The maximum Gasteiger partial charge on any atom is 0.306 e. The van der Waals surface area contributed by atoms with E-state index in [1.54, 1.807) is 0 Å². The number of carbonyl (C=O) groups is 3. The van der Waals surface area contributed by atoms with Gasteiger partial charge in [-0.2, -0.15) is 0 Å². The second-order valence-electron chi connectivity index (χ2n) is 22.7. The van der Waals surface area contributed by atoms with Crippen molar-refractivity contribution >= 4 is 17.9 Å². The van der Waals surface area contributed by atoms with Crippen molar-refractivity contribution in [2.45, 2.75) is 361 Å². The van der Waals surface area contributed by atoms with Crippen LogP contribution < -0.4 is 0 Å². The van der Waals surface area contributed by atoms with Gasteiger partial charge in [0.05, 0.1) is 0 Å². The molecule has 0 aliphatic rings. The van der Waals surface area contributed by atoms with Crippen molar-refractivity contribution in [3.63, 3.8) is 0 Å². The van der Waals surface area contributed by atoms with Gasteiger partial charge >= 0.3 is 17.9 Å². The number of rotatable bonds is 62. The summed E-state index contributed by atoms with van der Waals surface area (Å²) in [7, 11) is 0. The van der Waals surface area contributed by atoms with E-state index in [0.717, 1.165) is 89.9 Å². The van der Waals surface area contributed by atoms with Gasteiger partial charge in [-0.15, -0.1) is 0 Å². The Bertz CT molecular complexity index is 1380. The predicted molar refractivity (Wildman–Crippen MR) is 335 cm³/mol. The van der Waals surface area contributed by atoms with Crippen molar-refractivity contribution in [1.29, 1.82) is 0 Å². The summed E-state index contributed by atoms with van der Waals surface area (Å²) in [5.41, 5.74) is 0. The van der Waals surface area contributed by atoms with Crippen LogP contribution in [-0.2, 0) is 28.6 Å². The fourth-order valence-corrected chi connectivity index (χ4v) is 9.96. The number of hydrogen-bond acceptors (Lipinski definition) is 6. The van der Waals surface area contributed by atoms with E-state index in [1.165, 1.54) is 225 Å². The average Bonchev–Trinajstić information content (AvgIpc) is 3.43. The zero-order valence-electron chi connectivity index (χ0n) is 51.5. The first-order chi connectivity index (χ1) is 38.0. The van der Waals surface area contributed by atoms with Crippen molar-refractivity contribution in [1.82, 2.24) is 0 Å². The zero-order chi connectivity index (χ0) is 55.7. The highest BCUT2D eigenvalue weighted by atomic mass is 16.6. The molecule has 0 rings (SSSR count). The van der Waals surface area contributed by atoms with Crippen LogP contribution in [0, 0.1) is 0 Å². The van der Waals surface area contributed by atoms with Gasteiger partial charge in [0.2, 0.25) is 0 Å². The molecule has 0 aromatic rings. The van der Waals surface area contributed by atoms with Crippen LogP contribution in [0.4, 0.5) is 0 Å². The summed E-state index contributed by atoms with van der Waals surface area (Å²) in [4.78, 5) is 38.2. The van der Waals surface area contributed by atoms with Gasteiger partial charge in [-0.05, 0) is 83.5 Å². The van der Waals surface area contributed by atoms with E-state index in [2.05, 4.69) is 81.5 Å². The molecule has 0 saturated carbocycles. The lowest BCUT2D eigenvalue weighted by Crippen LogP contribution is -2.30. The smallest absolute Gasteiger partial charge is 0.306 e. The van der Waals surface area contributed by atoms with E-state index in [4.69, 9.17) is 14.2 Å². The molecule has 0 spiro atoms. The van der Waals surface area contributed by atoms with E-state index in [1.807, 2.05) is 0 Å². The highest BCUT2D eigenvalue weighted by Crippen LogP contribution is 2.18. The molecule has 0 aromatic heterocycles. The fourth-order valence-electron chi connectivity index (χ4n) is 9.96. The van der Waals surface area contributed by atoms with Gasteiger partial charge in [-0.25, -0.2) is 0 Å². The van der Waals surface area contributed by atoms with E-state index in [0.29, 0.717) is 19.3 Å². The van der Waals surface area contributed by atoms with Crippen LogP contribution in [0.2, 0.25) is 0 Å². The largest absolute Gasteiger partial charge is 0.462 e. The van der Waals surface area contributed by atoms with Crippen molar-refractivity contribution < 1.29 is 28.6 Å². The van der Waals surface area contributed by atoms with Crippen LogP contribution in [0.25, 0.3) is 0 Å². The lowest BCUT2D eigenvalue weighted by molar-refractivity contribution is -0.167. The molecule has 0 saturated heterocycles. The van der Waals surface area contributed by atoms with Crippen molar-refractivity contribution in [3.8, 4) is 0 Å².